The molecule has 0 amide bonds. The maximum absolute atomic E-state index is 9.19. The standard InChI is InChI=1S/C15H15NO3/c1-11(16-18)13-3-2-4-15(9-13)19-10-12-5-7-14(17)8-6-12/h2-9,17-18H,10H2,1H3. The number of rotatable bonds is 4. The van der Waals surface area contributed by atoms with Crippen molar-refractivity contribution in [3.8, 4) is 11.5 Å². The van der Waals surface area contributed by atoms with Crippen molar-refractivity contribution in [2.24, 2.45) is 5.16 Å². The molecule has 2 rings (SSSR count). The van der Waals surface area contributed by atoms with Crippen LogP contribution in [0.4, 0.5) is 0 Å². The minimum Gasteiger partial charge on any atom is -0.508 e. The second-order valence-corrected chi connectivity index (χ2v) is 4.17. The fraction of sp³-hybridized carbons (Fsp3) is 0.133. The Morgan fingerprint density at radius 1 is 1.16 bits per heavy atom. The van der Waals surface area contributed by atoms with Crippen molar-refractivity contribution in [1.82, 2.24) is 0 Å². The zero-order chi connectivity index (χ0) is 13.7. The Labute approximate surface area is 111 Å². The summed E-state index contributed by atoms with van der Waals surface area (Å²) in [5.41, 5.74) is 2.32. The lowest BCUT2D eigenvalue weighted by molar-refractivity contribution is 0.306. The average Bonchev–Trinajstić information content (AvgIpc) is 2.46. The van der Waals surface area contributed by atoms with Crippen molar-refractivity contribution < 1.29 is 15.1 Å². The molecule has 0 saturated carbocycles. The lowest BCUT2D eigenvalue weighted by atomic mass is 10.1. The number of phenols is 1. The monoisotopic (exact) mass is 257 g/mol. The highest BCUT2D eigenvalue weighted by molar-refractivity contribution is 5.98. The van der Waals surface area contributed by atoms with Crippen LogP contribution in [0.3, 0.4) is 0 Å². The molecule has 98 valence electrons. The van der Waals surface area contributed by atoms with Gasteiger partial charge in [0.25, 0.3) is 0 Å². The molecule has 0 bridgehead atoms. The van der Waals surface area contributed by atoms with Crippen molar-refractivity contribution in [3.05, 3.63) is 59.7 Å². The zero-order valence-electron chi connectivity index (χ0n) is 10.6. The molecule has 0 radical (unpaired) electrons. The molecule has 19 heavy (non-hydrogen) atoms. The SMILES string of the molecule is CC(=NO)c1cccc(OCc2ccc(O)cc2)c1. The third-order valence-corrected chi connectivity index (χ3v) is 2.74. The first-order chi connectivity index (χ1) is 9.19. The van der Waals surface area contributed by atoms with Crippen LogP contribution in [0.25, 0.3) is 0 Å². The molecule has 2 aromatic rings. The summed E-state index contributed by atoms with van der Waals surface area (Å²) >= 11 is 0. The Kier molecular flexibility index (Phi) is 4.03. The van der Waals surface area contributed by atoms with Crippen LogP contribution in [-0.4, -0.2) is 16.0 Å². The highest BCUT2D eigenvalue weighted by Gasteiger charge is 2.01. The molecule has 4 nitrogen and oxygen atoms in total. The van der Waals surface area contributed by atoms with Gasteiger partial charge in [-0.2, -0.15) is 0 Å². The topological polar surface area (TPSA) is 62.1 Å². The highest BCUT2D eigenvalue weighted by atomic mass is 16.5. The summed E-state index contributed by atoms with van der Waals surface area (Å²) in [5, 5.41) is 21.1. The summed E-state index contributed by atoms with van der Waals surface area (Å²) in [6.45, 7) is 2.14. The van der Waals surface area contributed by atoms with E-state index in [1.165, 1.54) is 0 Å². The maximum Gasteiger partial charge on any atom is 0.120 e. The maximum atomic E-state index is 9.19. The smallest absolute Gasteiger partial charge is 0.120 e. The molecule has 0 aliphatic heterocycles. The van der Waals surface area contributed by atoms with Gasteiger partial charge >= 0.3 is 0 Å². The van der Waals surface area contributed by atoms with Crippen molar-refractivity contribution in [2.75, 3.05) is 0 Å². The summed E-state index contributed by atoms with van der Waals surface area (Å²) in [5.74, 6) is 0.939. The van der Waals surface area contributed by atoms with Crippen molar-refractivity contribution >= 4 is 5.71 Å². The van der Waals surface area contributed by atoms with Gasteiger partial charge in [0.15, 0.2) is 0 Å². The number of nitrogens with zero attached hydrogens (tertiary/aromatic N) is 1. The first-order valence-corrected chi connectivity index (χ1v) is 5.89. The first kappa shape index (κ1) is 13.0. The Morgan fingerprint density at radius 2 is 1.89 bits per heavy atom. The van der Waals surface area contributed by atoms with Crippen LogP contribution in [0.1, 0.15) is 18.1 Å². The van der Waals surface area contributed by atoms with Crippen LogP contribution >= 0.6 is 0 Å². The molecule has 0 heterocycles. The number of oxime groups is 1. The first-order valence-electron chi connectivity index (χ1n) is 5.89. The number of phenolic OH excluding ortho intramolecular Hbond substituents is 1. The van der Waals surface area contributed by atoms with Crippen LogP contribution < -0.4 is 4.74 Å². The predicted molar refractivity (Wildman–Crippen MR) is 72.9 cm³/mol. The van der Waals surface area contributed by atoms with E-state index in [4.69, 9.17) is 9.94 Å². The van der Waals surface area contributed by atoms with Gasteiger partial charge in [-0.3, -0.25) is 0 Å². The molecule has 0 atom stereocenters. The van der Waals surface area contributed by atoms with E-state index in [0.29, 0.717) is 18.1 Å². The fourth-order valence-corrected chi connectivity index (χ4v) is 1.63. The molecule has 0 saturated heterocycles. The van der Waals surface area contributed by atoms with Crippen LogP contribution in [0.2, 0.25) is 0 Å². The van der Waals surface area contributed by atoms with Crippen molar-refractivity contribution in [1.29, 1.82) is 0 Å². The number of ether oxygens (including phenoxy) is 1. The van der Waals surface area contributed by atoms with Crippen LogP contribution in [-0.2, 0) is 6.61 Å². The third-order valence-electron chi connectivity index (χ3n) is 2.74. The molecule has 0 unspecified atom stereocenters. The van der Waals surface area contributed by atoms with E-state index in [1.807, 2.05) is 24.3 Å². The molecule has 0 aliphatic carbocycles. The van der Waals surface area contributed by atoms with E-state index < -0.39 is 0 Å². The highest BCUT2D eigenvalue weighted by Crippen LogP contribution is 2.17. The second kappa shape index (κ2) is 5.91. The van der Waals surface area contributed by atoms with E-state index in [2.05, 4.69) is 5.16 Å². The fourth-order valence-electron chi connectivity index (χ4n) is 1.63. The Balaban J connectivity index is 2.05. The summed E-state index contributed by atoms with van der Waals surface area (Å²) in [6.07, 6.45) is 0. The van der Waals surface area contributed by atoms with Crippen LogP contribution in [0.15, 0.2) is 53.7 Å². The molecular weight excluding hydrogens is 242 g/mol. The normalized spacial score (nSPS) is 11.3. The predicted octanol–water partition coefficient (Wildman–Crippen LogP) is 3.17. The van der Waals surface area contributed by atoms with Crippen LogP contribution in [0, 0.1) is 0 Å². The minimum absolute atomic E-state index is 0.237. The molecule has 4 heteroatoms. The molecule has 2 aromatic carbocycles. The number of hydrogen-bond acceptors (Lipinski definition) is 4. The average molecular weight is 257 g/mol. The van der Waals surface area contributed by atoms with Gasteiger partial charge in [0.1, 0.15) is 18.1 Å². The number of aromatic hydroxyl groups is 1. The van der Waals surface area contributed by atoms with E-state index in [-0.39, 0.29) is 5.75 Å². The van der Waals surface area contributed by atoms with Crippen molar-refractivity contribution in [3.63, 3.8) is 0 Å². The summed E-state index contributed by atoms with van der Waals surface area (Å²) in [6, 6.07) is 14.2. The molecule has 2 N–H and O–H groups in total. The molecule has 0 spiro atoms. The lowest BCUT2D eigenvalue weighted by Crippen LogP contribution is -1.98. The van der Waals surface area contributed by atoms with E-state index in [1.54, 1.807) is 31.2 Å². The van der Waals surface area contributed by atoms with Gasteiger partial charge in [-0.05, 0) is 36.8 Å². The molecule has 0 aliphatic rings. The zero-order valence-corrected chi connectivity index (χ0v) is 10.6. The molecular formula is C15H15NO3. The number of hydrogen-bond donors (Lipinski definition) is 2. The minimum atomic E-state index is 0.237. The van der Waals surface area contributed by atoms with Crippen LogP contribution in [0.5, 0.6) is 11.5 Å². The van der Waals surface area contributed by atoms with Gasteiger partial charge in [0, 0.05) is 5.56 Å². The largest absolute Gasteiger partial charge is 0.508 e. The Hall–Kier alpha value is -2.49. The second-order valence-electron chi connectivity index (χ2n) is 4.17. The van der Waals surface area contributed by atoms with E-state index >= 15 is 0 Å². The summed E-state index contributed by atoms with van der Waals surface area (Å²) in [4.78, 5) is 0. The van der Waals surface area contributed by atoms with Gasteiger partial charge in [-0.15, -0.1) is 0 Å². The molecule has 0 fully saturated rings. The molecule has 0 aromatic heterocycles. The van der Waals surface area contributed by atoms with Gasteiger partial charge in [0.05, 0.1) is 5.71 Å². The summed E-state index contributed by atoms with van der Waals surface area (Å²) < 4.78 is 5.65. The lowest BCUT2D eigenvalue weighted by Gasteiger charge is -2.08. The van der Waals surface area contributed by atoms with Crippen molar-refractivity contribution in [2.45, 2.75) is 13.5 Å². The van der Waals surface area contributed by atoms with Gasteiger partial charge in [0.2, 0.25) is 0 Å². The number of benzene rings is 2. The van der Waals surface area contributed by atoms with Gasteiger partial charge in [-0.1, -0.05) is 29.4 Å². The van der Waals surface area contributed by atoms with Gasteiger partial charge in [-0.25, -0.2) is 0 Å². The van der Waals surface area contributed by atoms with E-state index in [0.717, 1.165) is 11.1 Å². The third kappa shape index (κ3) is 3.48. The van der Waals surface area contributed by atoms with Gasteiger partial charge < -0.3 is 15.1 Å². The Bertz CT molecular complexity index is 576. The summed E-state index contributed by atoms with van der Waals surface area (Å²) in [7, 11) is 0. The van der Waals surface area contributed by atoms with E-state index in [9.17, 15) is 5.11 Å². The quantitative estimate of drug-likeness (QED) is 0.502. The Morgan fingerprint density at radius 3 is 2.58 bits per heavy atom.